The average Bonchev–Trinajstić information content (AvgIpc) is 3.18. The molecule has 0 unspecified atom stereocenters. The van der Waals surface area contributed by atoms with E-state index in [0.717, 1.165) is 43.0 Å². The summed E-state index contributed by atoms with van der Waals surface area (Å²) in [6, 6.07) is 2.31. The lowest BCUT2D eigenvalue weighted by atomic mass is 10.1. The van der Waals surface area contributed by atoms with Gasteiger partial charge in [-0.2, -0.15) is 4.98 Å². The van der Waals surface area contributed by atoms with Crippen molar-refractivity contribution in [1.82, 2.24) is 24.6 Å². The van der Waals surface area contributed by atoms with Crippen LogP contribution in [0.5, 0.6) is 0 Å². The Bertz CT molecular complexity index is 1040. The molecule has 172 valence electrons. The second-order valence-electron chi connectivity index (χ2n) is 8.66. The molecule has 0 spiro atoms. The quantitative estimate of drug-likeness (QED) is 0.467. The summed E-state index contributed by atoms with van der Waals surface area (Å²) < 4.78 is 1.76. The number of pyridine rings is 1. The van der Waals surface area contributed by atoms with Gasteiger partial charge < -0.3 is 21.1 Å². The SMILES string of the molecule is CCC[C@@H](CCO)Nc1nc(N)c2ncc(Cc3cnc(N4CCCCC4)c(C)c3)n2n1. The molecule has 1 aliphatic rings. The molecule has 0 radical (unpaired) electrons. The third-order valence-electron chi connectivity index (χ3n) is 6.05. The summed E-state index contributed by atoms with van der Waals surface area (Å²) in [6.45, 7) is 6.53. The number of aryl methyl sites for hydroxylation is 1. The zero-order valence-corrected chi connectivity index (χ0v) is 19.1. The monoisotopic (exact) mass is 438 g/mol. The minimum Gasteiger partial charge on any atom is -0.396 e. The van der Waals surface area contributed by atoms with Crippen molar-refractivity contribution in [3.63, 3.8) is 0 Å². The largest absolute Gasteiger partial charge is 0.396 e. The summed E-state index contributed by atoms with van der Waals surface area (Å²) in [5, 5.41) is 17.3. The Balaban J connectivity index is 1.56. The van der Waals surface area contributed by atoms with Crippen LogP contribution in [-0.2, 0) is 6.42 Å². The first kappa shape index (κ1) is 22.3. The number of hydrogen-bond donors (Lipinski definition) is 3. The number of nitrogen functional groups attached to an aromatic ring is 1. The van der Waals surface area contributed by atoms with E-state index < -0.39 is 0 Å². The molecule has 1 aliphatic heterocycles. The van der Waals surface area contributed by atoms with Gasteiger partial charge in [0, 0.05) is 38.4 Å². The number of hydrogen-bond acceptors (Lipinski definition) is 8. The number of nitrogens with one attached hydrogen (secondary N) is 1. The summed E-state index contributed by atoms with van der Waals surface area (Å²) in [7, 11) is 0. The maximum Gasteiger partial charge on any atom is 0.243 e. The summed E-state index contributed by atoms with van der Waals surface area (Å²) >= 11 is 0. The fraction of sp³-hybridized carbons (Fsp3) is 0.565. The first-order valence-corrected chi connectivity index (χ1v) is 11.7. The van der Waals surface area contributed by atoms with Gasteiger partial charge in [0.15, 0.2) is 11.5 Å². The smallest absolute Gasteiger partial charge is 0.243 e. The number of aliphatic hydroxyl groups excluding tert-OH is 1. The summed E-state index contributed by atoms with van der Waals surface area (Å²) in [6.07, 6.45) is 10.8. The van der Waals surface area contributed by atoms with Crippen LogP contribution in [-0.4, -0.2) is 55.4 Å². The lowest BCUT2D eigenvalue weighted by Crippen LogP contribution is -2.30. The van der Waals surface area contributed by atoms with Gasteiger partial charge in [0.25, 0.3) is 0 Å². The van der Waals surface area contributed by atoms with E-state index in [9.17, 15) is 5.11 Å². The molecule has 4 heterocycles. The lowest BCUT2D eigenvalue weighted by molar-refractivity contribution is 0.276. The average molecular weight is 439 g/mol. The van der Waals surface area contributed by atoms with Gasteiger partial charge in [-0.05, 0) is 50.2 Å². The Labute approximate surface area is 189 Å². The van der Waals surface area contributed by atoms with Gasteiger partial charge in [0.1, 0.15) is 5.82 Å². The molecular weight excluding hydrogens is 404 g/mol. The van der Waals surface area contributed by atoms with Crippen molar-refractivity contribution < 1.29 is 5.11 Å². The van der Waals surface area contributed by atoms with E-state index in [1.165, 1.54) is 24.8 Å². The van der Waals surface area contributed by atoms with Crippen LogP contribution in [0.25, 0.3) is 5.65 Å². The van der Waals surface area contributed by atoms with Gasteiger partial charge in [-0.1, -0.05) is 19.4 Å². The van der Waals surface area contributed by atoms with Crippen LogP contribution in [0.1, 0.15) is 62.3 Å². The number of nitrogens with two attached hydrogens (primary N) is 1. The Kier molecular flexibility index (Phi) is 7.04. The number of imidazole rings is 1. The standard InChI is InChI=1S/C23H34N8O/c1-3-7-18(8-11-32)27-23-28-20(24)22-26-15-19(31(22)29-23)13-17-12-16(2)21(25-14-17)30-9-5-4-6-10-30/h12,14-15,18,32H,3-11,13H2,1-2H3,(H3,24,27,28,29)/t18-/m0/s1. The van der Waals surface area contributed by atoms with Gasteiger partial charge >= 0.3 is 0 Å². The Morgan fingerprint density at radius 2 is 1.97 bits per heavy atom. The molecule has 1 saturated heterocycles. The molecule has 0 aliphatic carbocycles. The van der Waals surface area contributed by atoms with Gasteiger partial charge in [-0.25, -0.2) is 14.5 Å². The molecule has 9 nitrogen and oxygen atoms in total. The van der Waals surface area contributed by atoms with E-state index in [4.69, 9.17) is 10.7 Å². The second kappa shape index (κ2) is 10.1. The van der Waals surface area contributed by atoms with E-state index in [2.05, 4.69) is 45.2 Å². The Morgan fingerprint density at radius 3 is 2.69 bits per heavy atom. The van der Waals surface area contributed by atoms with Crippen molar-refractivity contribution in [3.8, 4) is 0 Å². The highest BCUT2D eigenvalue weighted by Crippen LogP contribution is 2.23. The number of nitrogens with zero attached hydrogens (tertiary/aromatic N) is 6. The fourth-order valence-corrected chi connectivity index (χ4v) is 4.47. The van der Waals surface area contributed by atoms with Crippen molar-refractivity contribution in [2.45, 2.75) is 64.8 Å². The zero-order valence-electron chi connectivity index (χ0n) is 19.1. The molecule has 32 heavy (non-hydrogen) atoms. The predicted octanol–water partition coefficient (Wildman–Crippen LogP) is 2.95. The zero-order chi connectivity index (χ0) is 22.5. The van der Waals surface area contributed by atoms with Crippen molar-refractivity contribution in [3.05, 3.63) is 35.3 Å². The maximum absolute atomic E-state index is 9.34. The van der Waals surface area contributed by atoms with Crippen molar-refractivity contribution in [2.24, 2.45) is 0 Å². The highest BCUT2D eigenvalue weighted by atomic mass is 16.3. The first-order valence-electron chi connectivity index (χ1n) is 11.7. The molecular formula is C23H34N8O. The number of anilines is 3. The molecule has 4 rings (SSSR count). The molecule has 4 N–H and O–H groups in total. The predicted molar refractivity (Wildman–Crippen MR) is 127 cm³/mol. The topological polar surface area (TPSA) is 117 Å². The Morgan fingerprint density at radius 1 is 1.16 bits per heavy atom. The van der Waals surface area contributed by atoms with Crippen molar-refractivity contribution >= 4 is 23.2 Å². The van der Waals surface area contributed by atoms with Crippen molar-refractivity contribution in [1.29, 1.82) is 0 Å². The Hall–Kier alpha value is -2.94. The van der Waals surface area contributed by atoms with E-state index in [0.29, 0.717) is 30.3 Å². The van der Waals surface area contributed by atoms with E-state index in [-0.39, 0.29) is 12.6 Å². The van der Waals surface area contributed by atoms with E-state index >= 15 is 0 Å². The van der Waals surface area contributed by atoms with Crippen LogP contribution in [0.2, 0.25) is 0 Å². The molecule has 9 heteroatoms. The van der Waals surface area contributed by atoms with Gasteiger partial charge in [0.05, 0.1) is 11.9 Å². The van der Waals surface area contributed by atoms with Gasteiger partial charge in [-0.15, -0.1) is 5.10 Å². The molecule has 3 aromatic heterocycles. The second-order valence-corrected chi connectivity index (χ2v) is 8.66. The number of fused-ring (bicyclic) bond motifs is 1. The molecule has 3 aromatic rings. The van der Waals surface area contributed by atoms with Gasteiger partial charge in [-0.3, -0.25) is 0 Å². The molecule has 0 bridgehead atoms. The minimum absolute atomic E-state index is 0.100. The van der Waals surface area contributed by atoms with Gasteiger partial charge in [0.2, 0.25) is 5.95 Å². The molecule has 1 atom stereocenters. The third-order valence-corrected chi connectivity index (χ3v) is 6.05. The summed E-state index contributed by atoms with van der Waals surface area (Å²) in [4.78, 5) is 16.0. The highest BCUT2D eigenvalue weighted by Gasteiger charge is 2.17. The van der Waals surface area contributed by atoms with Crippen LogP contribution in [0.4, 0.5) is 17.6 Å². The molecule has 0 aromatic carbocycles. The lowest BCUT2D eigenvalue weighted by Gasteiger charge is -2.29. The number of piperidine rings is 1. The third kappa shape index (κ3) is 4.93. The first-order chi connectivity index (χ1) is 15.6. The van der Waals surface area contributed by atoms with Crippen LogP contribution in [0.15, 0.2) is 18.5 Å². The molecule has 1 fully saturated rings. The van der Waals surface area contributed by atoms with Crippen LogP contribution >= 0.6 is 0 Å². The number of rotatable bonds is 9. The summed E-state index contributed by atoms with van der Waals surface area (Å²) in [5.41, 5.74) is 9.96. The normalized spacial score (nSPS) is 15.3. The molecule has 0 saturated carbocycles. The fourth-order valence-electron chi connectivity index (χ4n) is 4.47. The molecule has 0 amide bonds. The number of aliphatic hydroxyl groups is 1. The van der Waals surface area contributed by atoms with Crippen LogP contribution < -0.4 is 16.0 Å². The highest BCUT2D eigenvalue weighted by molar-refractivity contribution is 5.61. The van der Waals surface area contributed by atoms with Crippen molar-refractivity contribution in [2.75, 3.05) is 35.6 Å². The van der Waals surface area contributed by atoms with E-state index in [1.54, 1.807) is 10.7 Å². The summed E-state index contributed by atoms with van der Waals surface area (Å²) in [5.74, 6) is 1.88. The minimum atomic E-state index is 0.100. The van der Waals surface area contributed by atoms with Crippen LogP contribution in [0, 0.1) is 6.92 Å². The number of aromatic nitrogens is 5. The maximum atomic E-state index is 9.34. The van der Waals surface area contributed by atoms with E-state index in [1.807, 2.05) is 6.20 Å². The van der Waals surface area contributed by atoms with Crippen LogP contribution in [0.3, 0.4) is 0 Å².